The van der Waals surface area contributed by atoms with Crippen LogP contribution in [-0.4, -0.2) is 17.2 Å². The van der Waals surface area contributed by atoms with Gasteiger partial charge in [0.25, 0.3) is 0 Å². The van der Waals surface area contributed by atoms with Crippen molar-refractivity contribution in [1.29, 1.82) is 0 Å². The lowest BCUT2D eigenvalue weighted by Crippen LogP contribution is -2.32. The molecule has 0 amide bonds. The van der Waals surface area contributed by atoms with Crippen molar-refractivity contribution in [3.63, 3.8) is 0 Å². The molecule has 0 saturated carbocycles. The van der Waals surface area contributed by atoms with E-state index in [1.165, 1.54) is 0 Å². The van der Waals surface area contributed by atoms with Crippen LogP contribution in [-0.2, 0) is 4.79 Å². The number of hydrogen-bond donors (Lipinski definition) is 1. The number of halogens is 1. The van der Waals surface area contributed by atoms with Gasteiger partial charge in [0.1, 0.15) is 5.75 Å². The molecule has 0 aliphatic carbocycles. The van der Waals surface area contributed by atoms with Crippen LogP contribution >= 0.6 is 15.9 Å². The van der Waals surface area contributed by atoms with E-state index in [9.17, 15) is 4.79 Å². The van der Waals surface area contributed by atoms with Crippen molar-refractivity contribution in [2.45, 2.75) is 20.0 Å². The first kappa shape index (κ1) is 12.0. The molecule has 4 heteroatoms. The van der Waals surface area contributed by atoms with Gasteiger partial charge in [-0.05, 0) is 28.1 Å². The third-order valence-electron chi connectivity index (χ3n) is 1.94. The largest absolute Gasteiger partial charge is 0.478 e. The molecule has 0 aliphatic heterocycles. The summed E-state index contributed by atoms with van der Waals surface area (Å²) in [6, 6.07) is 7.21. The Balaban J connectivity index is 2.84. The number of benzene rings is 1. The molecule has 1 N–H and O–H groups in total. The van der Waals surface area contributed by atoms with Crippen LogP contribution in [0.3, 0.4) is 0 Å². The first-order valence-electron chi connectivity index (χ1n) is 4.66. The van der Waals surface area contributed by atoms with Crippen LogP contribution in [0, 0.1) is 5.92 Å². The molecule has 82 valence electrons. The summed E-state index contributed by atoms with van der Waals surface area (Å²) < 4.78 is 6.18. The van der Waals surface area contributed by atoms with Gasteiger partial charge in [-0.15, -0.1) is 0 Å². The van der Waals surface area contributed by atoms with Crippen molar-refractivity contribution in [3.8, 4) is 5.75 Å². The smallest absolute Gasteiger partial charge is 0.345 e. The van der Waals surface area contributed by atoms with Crippen LogP contribution < -0.4 is 4.74 Å². The summed E-state index contributed by atoms with van der Waals surface area (Å²) in [6.45, 7) is 3.63. The summed E-state index contributed by atoms with van der Waals surface area (Å²) in [6.07, 6.45) is -0.816. The van der Waals surface area contributed by atoms with Gasteiger partial charge >= 0.3 is 5.97 Å². The van der Waals surface area contributed by atoms with Gasteiger partial charge in [0, 0.05) is 5.92 Å². The standard InChI is InChI=1S/C11H13BrO3/c1-7(2)10(11(13)14)15-9-6-4-3-5-8(9)12/h3-7,10H,1-2H3,(H,13,14)/t10-/m0/s1. The average Bonchev–Trinajstić information content (AvgIpc) is 2.15. The highest BCUT2D eigenvalue weighted by molar-refractivity contribution is 9.10. The van der Waals surface area contributed by atoms with Crippen LogP contribution in [0.15, 0.2) is 28.7 Å². The van der Waals surface area contributed by atoms with Crippen LogP contribution in [0.25, 0.3) is 0 Å². The lowest BCUT2D eigenvalue weighted by molar-refractivity contribution is -0.147. The van der Waals surface area contributed by atoms with Gasteiger partial charge in [0.15, 0.2) is 6.10 Å². The topological polar surface area (TPSA) is 46.5 Å². The molecule has 1 aromatic rings. The summed E-state index contributed by atoms with van der Waals surface area (Å²) in [4.78, 5) is 10.9. The number of carbonyl (C=O) groups is 1. The molecule has 0 radical (unpaired) electrons. The fraction of sp³-hybridized carbons (Fsp3) is 0.364. The van der Waals surface area contributed by atoms with Crippen molar-refractivity contribution in [2.75, 3.05) is 0 Å². The Hall–Kier alpha value is -1.03. The highest BCUT2D eigenvalue weighted by Gasteiger charge is 2.23. The average molecular weight is 273 g/mol. The zero-order valence-corrected chi connectivity index (χ0v) is 10.2. The third-order valence-corrected chi connectivity index (χ3v) is 2.59. The van der Waals surface area contributed by atoms with E-state index in [1.54, 1.807) is 12.1 Å². The van der Waals surface area contributed by atoms with Crippen LogP contribution in [0.4, 0.5) is 0 Å². The highest BCUT2D eigenvalue weighted by Crippen LogP contribution is 2.26. The van der Waals surface area contributed by atoms with Gasteiger partial charge in [-0.1, -0.05) is 26.0 Å². The molecule has 0 aliphatic rings. The maximum Gasteiger partial charge on any atom is 0.345 e. The predicted molar refractivity (Wildman–Crippen MR) is 61.0 cm³/mol. The normalized spacial score (nSPS) is 12.5. The minimum atomic E-state index is -0.944. The fourth-order valence-electron chi connectivity index (χ4n) is 1.15. The van der Waals surface area contributed by atoms with Crippen LogP contribution in [0.2, 0.25) is 0 Å². The van der Waals surface area contributed by atoms with Crippen LogP contribution in [0.5, 0.6) is 5.75 Å². The third kappa shape index (κ3) is 3.23. The first-order chi connectivity index (χ1) is 7.02. The van der Waals surface area contributed by atoms with E-state index in [0.29, 0.717) is 5.75 Å². The van der Waals surface area contributed by atoms with E-state index < -0.39 is 12.1 Å². The van der Waals surface area contributed by atoms with Gasteiger partial charge in [-0.2, -0.15) is 0 Å². The van der Waals surface area contributed by atoms with Crippen molar-refractivity contribution < 1.29 is 14.6 Å². The summed E-state index contributed by atoms with van der Waals surface area (Å²) >= 11 is 3.31. The SMILES string of the molecule is CC(C)[C@H](Oc1ccccc1Br)C(=O)O. The zero-order chi connectivity index (χ0) is 11.4. The molecule has 3 nitrogen and oxygen atoms in total. The maximum absolute atomic E-state index is 10.9. The molecule has 0 aromatic heterocycles. The van der Waals surface area contributed by atoms with E-state index in [4.69, 9.17) is 9.84 Å². The molecular formula is C11H13BrO3. The van der Waals surface area contributed by atoms with Gasteiger partial charge in [0.05, 0.1) is 4.47 Å². The Morgan fingerprint density at radius 2 is 2.00 bits per heavy atom. The van der Waals surface area contributed by atoms with E-state index in [2.05, 4.69) is 15.9 Å². The van der Waals surface area contributed by atoms with Gasteiger partial charge in [-0.3, -0.25) is 0 Å². The Morgan fingerprint density at radius 1 is 1.40 bits per heavy atom. The Labute approximate surface area is 97.2 Å². The second kappa shape index (κ2) is 5.16. The minimum absolute atomic E-state index is 0.0744. The monoisotopic (exact) mass is 272 g/mol. The number of carboxylic acids is 1. The number of para-hydroxylation sites is 1. The Kier molecular flexibility index (Phi) is 4.15. The number of ether oxygens (including phenoxy) is 1. The van der Waals surface area contributed by atoms with E-state index in [0.717, 1.165) is 4.47 Å². The first-order valence-corrected chi connectivity index (χ1v) is 5.45. The molecule has 0 saturated heterocycles. The van der Waals surface area contributed by atoms with Gasteiger partial charge in [-0.25, -0.2) is 4.79 Å². The van der Waals surface area contributed by atoms with Crippen LogP contribution in [0.1, 0.15) is 13.8 Å². The molecule has 0 unspecified atom stereocenters. The van der Waals surface area contributed by atoms with Gasteiger partial charge in [0.2, 0.25) is 0 Å². The predicted octanol–water partition coefficient (Wildman–Crippen LogP) is 2.94. The van der Waals surface area contributed by atoms with Gasteiger partial charge < -0.3 is 9.84 Å². The van der Waals surface area contributed by atoms with Crippen molar-refractivity contribution >= 4 is 21.9 Å². The second-order valence-electron chi connectivity index (χ2n) is 3.55. The minimum Gasteiger partial charge on any atom is -0.478 e. The summed E-state index contributed by atoms with van der Waals surface area (Å²) in [5.41, 5.74) is 0. The lowest BCUT2D eigenvalue weighted by atomic mass is 10.1. The Morgan fingerprint density at radius 3 is 2.47 bits per heavy atom. The van der Waals surface area contributed by atoms with Crippen molar-refractivity contribution in [2.24, 2.45) is 5.92 Å². The molecule has 0 heterocycles. The number of aliphatic carboxylic acids is 1. The quantitative estimate of drug-likeness (QED) is 0.917. The number of carboxylic acid groups (broad SMARTS) is 1. The lowest BCUT2D eigenvalue weighted by Gasteiger charge is -2.18. The van der Waals surface area contributed by atoms with E-state index in [1.807, 2.05) is 26.0 Å². The number of hydrogen-bond acceptors (Lipinski definition) is 2. The second-order valence-corrected chi connectivity index (χ2v) is 4.41. The zero-order valence-electron chi connectivity index (χ0n) is 8.61. The summed E-state index contributed by atoms with van der Waals surface area (Å²) in [5.74, 6) is -0.464. The highest BCUT2D eigenvalue weighted by atomic mass is 79.9. The molecule has 0 bridgehead atoms. The van der Waals surface area contributed by atoms with Crippen molar-refractivity contribution in [3.05, 3.63) is 28.7 Å². The maximum atomic E-state index is 10.9. The van der Waals surface area contributed by atoms with Crippen molar-refractivity contribution in [1.82, 2.24) is 0 Å². The fourth-order valence-corrected chi connectivity index (χ4v) is 1.53. The molecule has 15 heavy (non-hydrogen) atoms. The number of rotatable bonds is 4. The Bertz CT molecular complexity index is 349. The summed E-state index contributed by atoms with van der Waals surface area (Å²) in [5, 5.41) is 8.96. The summed E-state index contributed by atoms with van der Waals surface area (Å²) in [7, 11) is 0. The molecule has 0 spiro atoms. The van der Waals surface area contributed by atoms with E-state index in [-0.39, 0.29) is 5.92 Å². The molecule has 0 fully saturated rings. The molecule has 1 aromatic carbocycles. The molecule has 1 atom stereocenters. The molecule has 1 rings (SSSR count). The molecular weight excluding hydrogens is 260 g/mol. The van der Waals surface area contributed by atoms with E-state index >= 15 is 0 Å².